The maximum absolute atomic E-state index is 13.4. The normalized spacial score (nSPS) is 24.3. The lowest BCUT2D eigenvalue weighted by atomic mass is 9.91. The Morgan fingerprint density at radius 1 is 1.05 bits per heavy atom. The number of amides is 6. The third-order valence-corrected chi connectivity index (χ3v) is 8.23. The maximum Gasteiger partial charge on any atom is 0.324 e. The number of carbonyl (C=O) groups is 5. The van der Waals surface area contributed by atoms with Gasteiger partial charge in [0.15, 0.2) is 0 Å². The Bertz CT molecular complexity index is 1400. The number of anilines is 3. The van der Waals surface area contributed by atoms with Crippen LogP contribution in [0.3, 0.4) is 0 Å². The van der Waals surface area contributed by atoms with Crippen molar-refractivity contribution in [2.75, 3.05) is 35.8 Å². The topological polar surface area (TPSA) is 119 Å². The number of nitrogens with zero attached hydrogens (tertiary/aromatic N) is 3. The third kappa shape index (κ3) is 3.42. The number of likely N-dealkylation sites (N-methyl/N-ethyl adjacent to an activating group) is 1. The predicted octanol–water partition coefficient (Wildman–Crippen LogP) is 1.92. The highest BCUT2D eigenvalue weighted by atomic mass is 16.2. The Labute approximate surface area is 213 Å². The molecule has 37 heavy (non-hydrogen) atoms. The summed E-state index contributed by atoms with van der Waals surface area (Å²) in [5, 5.41) is 5.27. The Balaban J connectivity index is 1.21. The Hall–Kier alpha value is -4.21. The number of urea groups is 1. The quantitative estimate of drug-likeness (QED) is 0.623. The zero-order chi connectivity index (χ0) is 26.1. The fourth-order valence-electron chi connectivity index (χ4n) is 6.17. The largest absolute Gasteiger partial charge is 0.325 e. The van der Waals surface area contributed by atoms with E-state index in [-0.39, 0.29) is 36.1 Å². The minimum absolute atomic E-state index is 0.0135. The van der Waals surface area contributed by atoms with Gasteiger partial charge in [0.2, 0.25) is 17.7 Å². The average Bonchev–Trinajstić information content (AvgIpc) is 3.45. The molecule has 6 rings (SSSR count). The van der Waals surface area contributed by atoms with Crippen LogP contribution in [-0.2, 0) is 32.0 Å². The molecule has 6 amide bonds. The van der Waals surface area contributed by atoms with Crippen molar-refractivity contribution < 1.29 is 24.0 Å². The van der Waals surface area contributed by atoms with E-state index in [2.05, 4.69) is 10.6 Å². The molecule has 0 saturated carbocycles. The van der Waals surface area contributed by atoms with Gasteiger partial charge in [-0.15, -0.1) is 0 Å². The molecule has 2 N–H and O–H groups in total. The van der Waals surface area contributed by atoms with Crippen molar-refractivity contribution in [3.63, 3.8) is 0 Å². The van der Waals surface area contributed by atoms with E-state index in [1.165, 1.54) is 9.80 Å². The van der Waals surface area contributed by atoms with Gasteiger partial charge in [0.25, 0.3) is 5.91 Å². The fourth-order valence-corrected chi connectivity index (χ4v) is 6.17. The first-order valence-corrected chi connectivity index (χ1v) is 12.4. The second-order valence-electron chi connectivity index (χ2n) is 10.3. The Morgan fingerprint density at radius 2 is 1.81 bits per heavy atom. The number of benzene rings is 2. The number of hydrogen-bond acceptors (Lipinski definition) is 5. The molecule has 190 valence electrons. The predicted molar refractivity (Wildman–Crippen MR) is 135 cm³/mol. The number of hydrogen-bond donors (Lipinski definition) is 2. The molecule has 3 heterocycles. The summed E-state index contributed by atoms with van der Waals surface area (Å²) in [6.07, 6.45) is 2.36. The van der Waals surface area contributed by atoms with Gasteiger partial charge in [-0.25, -0.2) is 4.79 Å². The first-order valence-electron chi connectivity index (χ1n) is 12.4. The standard InChI is InChI=1S/C27H27N5O5/c1-30-19-6-4-7-20-23(19)18(5-3-8-22(30)34)24(35)32(20)14-21(33)28-17-10-9-15-12-27(13-16(15)11-17)25(36)29-26(37)31(27)2/h4,6-7,9-11,18H,3,5,8,12-14H2,1-2H3,(H,28,33)(H,29,36,37). The first-order chi connectivity index (χ1) is 17.7. The van der Waals surface area contributed by atoms with Crippen LogP contribution in [-0.4, -0.2) is 60.7 Å². The van der Waals surface area contributed by atoms with Crippen LogP contribution in [0.4, 0.5) is 21.9 Å². The van der Waals surface area contributed by atoms with Crippen LogP contribution in [0.1, 0.15) is 41.9 Å². The molecule has 0 bridgehead atoms. The minimum Gasteiger partial charge on any atom is -0.325 e. The van der Waals surface area contributed by atoms with E-state index < -0.39 is 11.6 Å². The van der Waals surface area contributed by atoms with Crippen molar-refractivity contribution in [1.29, 1.82) is 0 Å². The SMILES string of the molecule is CN1C(=O)CCCC2C(=O)N(CC(=O)Nc3ccc4c(c3)CC3(C4)C(=O)NC(=O)N3C)c3cccc1c32. The van der Waals surface area contributed by atoms with Crippen molar-refractivity contribution in [3.05, 3.63) is 53.1 Å². The molecular formula is C27H27N5O5. The Morgan fingerprint density at radius 3 is 2.57 bits per heavy atom. The number of carbonyl (C=O) groups excluding carboxylic acids is 5. The van der Waals surface area contributed by atoms with E-state index in [0.717, 1.165) is 22.4 Å². The third-order valence-electron chi connectivity index (χ3n) is 8.23. The monoisotopic (exact) mass is 501 g/mol. The number of imide groups is 1. The Kier molecular flexibility index (Phi) is 5.11. The highest BCUT2D eigenvalue weighted by molar-refractivity contribution is 6.12. The summed E-state index contributed by atoms with van der Waals surface area (Å²) in [5.41, 5.74) is 3.68. The van der Waals surface area contributed by atoms with Crippen molar-refractivity contribution in [2.24, 2.45) is 0 Å². The summed E-state index contributed by atoms with van der Waals surface area (Å²) >= 11 is 0. The molecular weight excluding hydrogens is 474 g/mol. The molecule has 2 atom stereocenters. The van der Waals surface area contributed by atoms with Gasteiger partial charge < -0.3 is 20.0 Å². The molecule has 1 fully saturated rings. The zero-order valence-electron chi connectivity index (χ0n) is 20.7. The summed E-state index contributed by atoms with van der Waals surface area (Å²) in [5.74, 6) is -1.14. The molecule has 2 aromatic rings. The molecule has 1 saturated heterocycles. The molecule has 2 aromatic carbocycles. The highest BCUT2D eigenvalue weighted by Crippen LogP contribution is 2.46. The van der Waals surface area contributed by atoms with Crippen LogP contribution < -0.4 is 20.4 Å². The molecule has 2 unspecified atom stereocenters. The lowest BCUT2D eigenvalue weighted by Gasteiger charge is -2.27. The molecule has 10 nitrogen and oxygen atoms in total. The number of rotatable bonds is 3. The fraction of sp³-hybridized carbons (Fsp3) is 0.370. The van der Waals surface area contributed by atoms with E-state index in [1.54, 1.807) is 31.1 Å². The van der Waals surface area contributed by atoms with Crippen molar-refractivity contribution in [3.8, 4) is 0 Å². The van der Waals surface area contributed by atoms with Crippen LogP contribution in [0, 0.1) is 0 Å². The lowest BCUT2D eigenvalue weighted by Crippen LogP contribution is -2.48. The summed E-state index contributed by atoms with van der Waals surface area (Å²) in [7, 11) is 3.34. The van der Waals surface area contributed by atoms with Crippen LogP contribution in [0.15, 0.2) is 36.4 Å². The molecule has 0 radical (unpaired) electrons. The first kappa shape index (κ1) is 23.2. The van der Waals surface area contributed by atoms with Crippen molar-refractivity contribution >= 4 is 46.7 Å². The van der Waals surface area contributed by atoms with Crippen molar-refractivity contribution in [2.45, 2.75) is 43.6 Å². The highest BCUT2D eigenvalue weighted by Gasteiger charge is 2.54. The van der Waals surface area contributed by atoms with Gasteiger partial charge in [-0.05, 0) is 48.2 Å². The van der Waals surface area contributed by atoms with E-state index in [1.807, 2.05) is 24.3 Å². The van der Waals surface area contributed by atoms with Gasteiger partial charge in [-0.2, -0.15) is 0 Å². The van der Waals surface area contributed by atoms with Crippen LogP contribution >= 0.6 is 0 Å². The maximum atomic E-state index is 13.4. The van der Waals surface area contributed by atoms with Gasteiger partial charge in [-0.1, -0.05) is 12.1 Å². The molecule has 1 spiro atoms. The number of fused-ring (bicyclic) bond motifs is 1. The second-order valence-corrected chi connectivity index (χ2v) is 10.3. The van der Waals surface area contributed by atoms with Gasteiger partial charge in [0, 0.05) is 50.3 Å². The second kappa shape index (κ2) is 8.16. The van der Waals surface area contributed by atoms with E-state index >= 15 is 0 Å². The van der Waals surface area contributed by atoms with E-state index in [4.69, 9.17) is 0 Å². The smallest absolute Gasteiger partial charge is 0.324 e. The van der Waals surface area contributed by atoms with Gasteiger partial charge in [-0.3, -0.25) is 24.5 Å². The van der Waals surface area contributed by atoms with Crippen molar-refractivity contribution in [1.82, 2.24) is 10.2 Å². The average molecular weight is 502 g/mol. The van der Waals surface area contributed by atoms with Gasteiger partial charge in [0.05, 0.1) is 11.6 Å². The van der Waals surface area contributed by atoms with E-state index in [9.17, 15) is 24.0 Å². The summed E-state index contributed by atoms with van der Waals surface area (Å²) in [6, 6.07) is 10.5. The van der Waals surface area contributed by atoms with Crippen LogP contribution in [0.2, 0.25) is 0 Å². The van der Waals surface area contributed by atoms with Crippen LogP contribution in [0.25, 0.3) is 0 Å². The molecule has 1 aliphatic carbocycles. The lowest BCUT2D eigenvalue weighted by molar-refractivity contribution is -0.126. The molecule has 4 aliphatic rings. The summed E-state index contributed by atoms with van der Waals surface area (Å²) in [4.78, 5) is 68.0. The summed E-state index contributed by atoms with van der Waals surface area (Å²) in [6.45, 7) is -0.149. The molecule has 3 aliphatic heterocycles. The minimum atomic E-state index is -0.932. The van der Waals surface area contributed by atoms with Crippen LogP contribution in [0.5, 0.6) is 0 Å². The summed E-state index contributed by atoms with van der Waals surface area (Å²) < 4.78 is 0. The van der Waals surface area contributed by atoms with E-state index in [0.29, 0.717) is 43.5 Å². The molecule has 0 aromatic heterocycles. The molecule has 10 heteroatoms. The van der Waals surface area contributed by atoms with Gasteiger partial charge >= 0.3 is 6.03 Å². The van der Waals surface area contributed by atoms with Gasteiger partial charge in [0.1, 0.15) is 12.1 Å². The number of nitrogens with one attached hydrogen (secondary N) is 2. The zero-order valence-corrected chi connectivity index (χ0v) is 20.7.